The van der Waals surface area contributed by atoms with Gasteiger partial charge in [-0.05, 0) is 127 Å². The van der Waals surface area contributed by atoms with Gasteiger partial charge in [-0.1, -0.05) is 79.7 Å². The number of aromatic hydroxyl groups is 1. The molecule has 4 aromatic rings. The lowest BCUT2D eigenvalue weighted by Crippen LogP contribution is -2.53. The second kappa shape index (κ2) is 16.9. The van der Waals surface area contributed by atoms with Crippen molar-refractivity contribution in [1.82, 2.24) is 20.0 Å². The number of imide groups is 1. The molecule has 0 bridgehead atoms. The number of rotatable bonds is 11. The van der Waals surface area contributed by atoms with E-state index < -0.39 is 0 Å². The molecule has 3 fully saturated rings. The molecule has 2 amide bonds. The average Bonchev–Trinajstić information content (AvgIpc) is 3.65. The van der Waals surface area contributed by atoms with E-state index in [0.29, 0.717) is 18.9 Å². The molecule has 0 radical (unpaired) electrons. The van der Waals surface area contributed by atoms with Gasteiger partial charge in [-0.3, -0.25) is 24.7 Å². The van der Waals surface area contributed by atoms with Crippen LogP contribution in [0.4, 0.5) is 5.69 Å². The zero-order chi connectivity index (χ0) is 37.7. The van der Waals surface area contributed by atoms with Crippen molar-refractivity contribution >= 4 is 28.6 Å². The number of carbonyl (C=O) groups is 2. The maximum absolute atomic E-state index is 12.5. The highest BCUT2D eigenvalue weighted by atomic mass is 16.3. The lowest BCUT2D eigenvalue weighted by molar-refractivity contribution is -0.137. The summed E-state index contributed by atoms with van der Waals surface area (Å²) in [6.07, 6.45) is 6.69. The highest BCUT2D eigenvalue weighted by Crippen LogP contribution is 2.36. The van der Waals surface area contributed by atoms with E-state index in [-0.39, 0.29) is 23.6 Å². The molecule has 8 rings (SSSR count). The number of phenolic OH excluding ortho intramolecular Hbond substituents is 1. The van der Waals surface area contributed by atoms with Gasteiger partial charge in [0.1, 0.15) is 5.75 Å². The van der Waals surface area contributed by atoms with Gasteiger partial charge in [0.2, 0.25) is 11.8 Å². The molecular weight excluding hydrogens is 683 g/mol. The molecule has 0 aliphatic carbocycles. The Kier molecular flexibility index (Phi) is 11.5. The Balaban J connectivity index is 0.794. The fourth-order valence-electron chi connectivity index (χ4n) is 9.36. The Bertz CT molecular complexity index is 1980. The zero-order valence-electron chi connectivity index (χ0n) is 32.3. The first kappa shape index (κ1) is 37.2. The summed E-state index contributed by atoms with van der Waals surface area (Å²) in [5.74, 6) is -0.0114. The molecule has 1 atom stereocenters. The molecule has 286 valence electrons. The maximum atomic E-state index is 12.5. The summed E-state index contributed by atoms with van der Waals surface area (Å²) in [6.45, 7) is 11.6. The summed E-state index contributed by atoms with van der Waals surface area (Å²) in [7, 11) is 0. The second-order valence-corrected chi connectivity index (χ2v) is 15.8. The summed E-state index contributed by atoms with van der Waals surface area (Å²) in [6, 6.07) is 34.7. The number of piperidine rings is 2. The van der Waals surface area contributed by atoms with Crippen LogP contribution in [-0.4, -0.2) is 89.5 Å². The first-order valence-corrected chi connectivity index (χ1v) is 20.5. The fourth-order valence-corrected chi connectivity index (χ4v) is 9.36. The van der Waals surface area contributed by atoms with Gasteiger partial charge < -0.3 is 14.9 Å². The predicted octanol–water partition coefficient (Wildman–Crippen LogP) is 7.10. The van der Waals surface area contributed by atoms with Gasteiger partial charge in [0.25, 0.3) is 0 Å². The van der Waals surface area contributed by atoms with Crippen molar-refractivity contribution in [2.45, 2.75) is 77.0 Å². The van der Waals surface area contributed by atoms with Crippen molar-refractivity contribution in [1.29, 1.82) is 0 Å². The molecule has 2 N–H and O–H groups in total. The van der Waals surface area contributed by atoms with E-state index in [9.17, 15) is 14.7 Å². The minimum absolute atomic E-state index is 0.145. The summed E-state index contributed by atoms with van der Waals surface area (Å²) in [5, 5.41) is 12.5. The number of nitrogens with one attached hydrogen (secondary N) is 1. The van der Waals surface area contributed by atoms with E-state index >= 15 is 0 Å². The van der Waals surface area contributed by atoms with Crippen molar-refractivity contribution in [2.75, 3.05) is 50.7 Å². The van der Waals surface area contributed by atoms with Crippen molar-refractivity contribution in [2.24, 2.45) is 0 Å². The maximum Gasteiger partial charge on any atom is 0.243 e. The van der Waals surface area contributed by atoms with Crippen LogP contribution in [0.5, 0.6) is 5.75 Å². The van der Waals surface area contributed by atoms with Crippen LogP contribution < -0.4 is 10.2 Å². The quantitative estimate of drug-likeness (QED) is 0.126. The fraction of sp³-hybridized carbons (Fsp3) is 0.404. The number of allylic oxidation sites excluding steroid dienone is 1. The molecule has 0 saturated carbocycles. The highest BCUT2D eigenvalue weighted by molar-refractivity contribution is 6.00. The number of piperazine rings is 1. The number of nitrogens with zero attached hydrogens (tertiary/aromatic N) is 4. The van der Waals surface area contributed by atoms with E-state index in [2.05, 4.69) is 105 Å². The molecule has 8 heteroatoms. The number of aryl methyl sites for hydroxylation is 1. The molecule has 4 aromatic carbocycles. The Morgan fingerprint density at radius 3 is 2.11 bits per heavy atom. The summed E-state index contributed by atoms with van der Waals surface area (Å²) < 4.78 is 0. The number of benzene rings is 4. The average molecular weight is 738 g/mol. The van der Waals surface area contributed by atoms with Gasteiger partial charge in [-0.15, -0.1) is 0 Å². The van der Waals surface area contributed by atoms with Crippen LogP contribution in [0.1, 0.15) is 78.8 Å². The molecule has 0 aromatic heterocycles. The Morgan fingerprint density at radius 2 is 1.42 bits per heavy atom. The van der Waals surface area contributed by atoms with Gasteiger partial charge in [0.05, 0.1) is 6.04 Å². The largest absolute Gasteiger partial charge is 0.508 e. The number of fused-ring (bicyclic) bond motifs is 1. The minimum Gasteiger partial charge on any atom is -0.508 e. The topological polar surface area (TPSA) is 79.4 Å². The molecule has 55 heavy (non-hydrogen) atoms. The molecular formula is C47H55N5O3. The Morgan fingerprint density at radius 1 is 0.727 bits per heavy atom. The molecule has 4 heterocycles. The number of hydrogen-bond donors (Lipinski definition) is 2. The number of anilines is 1. The molecule has 0 spiro atoms. The zero-order valence-corrected chi connectivity index (χ0v) is 32.3. The van der Waals surface area contributed by atoms with Crippen LogP contribution in [0.3, 0.4) is 0 Å². The highest BCUT2D eigenvalue weighted by Gasteiger charge is 2.35. The molecule has 1 unspecified atom stereocenters. The SMILES string of the molecule is CC/C(=C(\c1ccc(O)cc1)c1ccc(CCCN2CCC(N3CCN(c4ccc5c(c4)CN(C4CCC(=O)NC4=O)C5)CC3)CC2)cc1)c1ccccc1. The second-order valence-electron chi connectivity index (χ2n) is 15.8. The normalized spacial score (nSPS) is 20.7. The van der Waals surface area contributed by atoms with Gasteiger partial charge in [-0.25, -0.2) is 0 Å². The van der Waals surface area contributed by atoms with Crippen molar-refractivity contribution < 1.29 is 14.7 Å². The minimum atomic E-state index is -0.212. The first-order valence-electron chi connectivity index (χ1n) is 20.5. The molecule has 3 saturated heterocycles. The van der Waals surface area contributed by atoms with Gasteiger partial charge in [0.15, 0.2) is 0 Å². The Labute approximate surface area is 326 Å². The third kappa shape index (κ3) is 8.57. The van der Waals surface area contributed by atoms with E-state index in [1.807, 2.05) is 12.1 Å². The summed E-state index contributed by atoms with van der Waals surface area (Å²) in [5.41, 5.74) is 11.4. The number of carbonyl (C=O) groups excluding carboxylic acids is 2. The van der Waals surface area contributed by atoms with Crippen molar-refractivity contribution in [3.8, 4) is 5.75 Å². The van der Waals surface area contributed by atoms with Gasteiger partial charge in [-0.2, -0.15) is 0 Å². The number of phenols is 1. The standard InChI is InChI=1S/C47H55N5O3/c1-2-43(35-8-4-3-5-9-35)46(37-15-18-42(53)19-16-37)36-12-10-34(11-13-36)7-6-24-49-25-22-40(23-26-49)50-27-29-51(30-28-50)41-17-14-38-32-52(33-39(38)31-41)44-20-21-45(54)48-47(44)55/h3-5,8-19,31,40,44,53H,2,6-7,20-30,32-33H2,1H3,(H,48,54,55)/b46-43+. The van der Waals surface area contributed by atoms with E-state index in [1.54, 1.807) is 12.1 Å². The lowest BCUT2D eigenvalue weighted by atomic mass is 9.87. The van der Waals surface area contributed by atoms with Crippen LogP contribution in [-0.2, 0) is 29.1 Å². The summed E-state index contributed by atoms with van der Waals surface area (Å²) >= 11 is 0. The first-order chi connectivity index (χ1) is 26.9. The smallest absolute Gasteiger partial charge is 0.243 e. The van der Waals surface area contributed by atoms with Gasteiger partial charge in [0, 0.05) is 57.4 Å². The lowest BCUT2D eigenvalue weighted by Gasteiger charge is -2.43. The molecule has 8 nitrogen and oxygen atoms in total. The van der Waals surface area contributed by atoms with Crippen LogP contribution >= 0.6 is 0 Å². The number of amides is 2. The third-order valence-corrected chi connectivity index (χ3v) is 12.5. The predicted molar refractivity (Wildman–Crippen MR) is 221 cm³/mol. The van der Waals surface area contributed by atoms with E-state index in [0.717, 1.165) is 64.2 Å². The van der Waals surface area contributed by atoms with Gasteiger partial charge >= 0.3 is 0 Å². The molecule has 4 aliphatic rings. The third-order valence-electron chi connectivity index (χ3n) is 12.5. The van der Waals surface area contributed by atoms with E-state index in [4.69, 9.17) is 0 Å². The van der Waals surface area contributed by atoms with Crippen LogP contribution in [0.2, 0.25) is 0 Å². The van der Waals surface area contributed by atoms with Crippen LogP contribution in [0, 0.1) is 0 Å². The number of likely N-dealkylation sites (tertiary alicyclic amines) is 1. The molecule has 4 aliphatic heterocycles. The number of hydrogen-bond acceptors (Lipinski definition) is 7. The van der Waals surface area contributed by atoms with Crippen LogP contribution in [0.25, 0.3) is 11.1 Å². The monoisotopic (exact) mass is 737 g/mol. The van der Waals surface area contributed by atoms with E-state index in [1.165, 1.54) is 77.0 Å². The van der Waals surface area contributed by atoms with Crippen LogP contribution in [0.15, 0.2) is 97.1 Å². The van der Waals surface area contributed by atoms with Crippen molar-refractivity contribution in [3.05, 3.63) is 130 Å². The van der Waals surface area contributed by atoms with Crippen molar-refractivity contribution in [3.63, 3.8) is 0 Å². The summed E-state index contributed by atoms with van der Waals surface area (Å²) in [4.78, 5) is 34.3. The Hall–Kier alpha value is -4.76.